The number of unbranched alkanes of at least 4 members (excludes halogenated alkanes) is 1. The number of hydrogen-bond donors (Lipinski definition) is 5. The number of aliphatic hydroxyl groups is 1. The van der Waals surface area contributed by atoms with Gasteiger partial charge < -0.3 is 61.1 Å². The van der Waals surface area contributed by atoms with E-state index in [0.29, 0.717) is 19.3 Å². The van der Waals surface area contributed by atoms with Gasteiger partial charge in [0.05, 0.1) is 12.6 Å². The van der Waals surface area contributed by atoms with Gasteiger partial charge in [0.25, 0.3) is 0 Å². The van der Waals surface area contributed by atoms with Gasteiger partial charge >= 0.3 is 0 Å². The summed E-state index contributed by atoms with van der Waals surface area (Å²) in [6.07, 6.45) is 4.76. The average molecular weight is 1220 g/mol. The molecule has 86 heavy (non-hydrogen) atoms. The average Bonchev–Trinajstić information content (AvgIpc) is 2.14. The highest BCUT2D eigenvalue weighted by Crippen LogP contribution is 2.25. The van der Waals surface area contributed by atoms with E-state index in [1.165, 1.54) is 73.7 Å². The number of carbonyl (C=O) groups excluding carboxylic acids is 11. The lowest BCUT2D eigenvalue weighted by Gasteiger charge is -2.41. The fourth-order valence-corrected chi connectivity index (χ4v) is 10.3. The summed E-state index contributed by atoms with van der Waals surface area (Å²) >= 11 is 0. The molecule has 0 aliphatic carbocycles. The summed E-state index contributed by atoms with van der Waals surface area (Å²) in [6.45, 7) is 30.1. The smallest absolute Gasteiger partial charge is 0.246 e. The minimum Gasteiger partial charge on any atom is -0.390 e. The molecule has 0 saturated heterocycles. The number of primary amides is 1. The SMILES string of the molecule is C/C=C/C[C@H](C)[C@H](O)C(C(=O)N[C@H](CC)C(=O)N(C)CC(=O)N(C)[C@@H](CCCC)C(N)=O)N(C)C(=O)[C@@H](C(C)C)N(C)C(=O)[C@@H](CC(C)C)N(C)C(=O)[C@H](CC(C)C)N(C)C(=O)[C@H](C)NC(=O)C(CC(C)C)NC(=O)[C@H](C)N(C)C(=O)[C@H](C)C(C)C. The Balaban J connectivity index is 7.13. The second-order valence-corrected chi connectivity index (χ2v) is 25.8. The first-order valence-electron chi connectivity index (χ1n) is 31.0. The molecule has 0 saturated carbocycles. The Labute approximate surface area is 516 Å². The van der Waals surface area contributed by atoms with Crippen LogP contribution in [-0.2, 0) is 52.7 Å². The molecule has 0 aromatic rings. The first-order valence-corrected chi connectivity index (χ1v) is 31.0. The number of hydrogen-bond acceptors (Lipinski definition) is 12. The number of amides is 11. The molecule has 2 unspecified atom stereocenters. The number of carbonyl (C=O) groups is 11. The van der Waals surface area contributed by atoms with Crippen LogP contribution < -0.4 is 21.7 Å². The van der Waals surface area contributed by atoms with Crippen LogP contribution in [0.5, 0.6) is 0 Å². The van der Waals surface area contributed by atoms with Gasteiger partial charge in [-0.25, -0.2) is 0 Å². The molecular weight excluding hydrogens is 1100 g/mol. The normalized spacial score (nSPS) is 15.9. The Bertz CT molecular complexity index is 2290. The number of rotatable bonds is 37. The van der Waals surface area contributed by atoms with E-state index in [-0.39, 0.29) is 61.2 Å². The summed E-state index contributed by atoms with van der Waals surface area (Å²) in [7, 11) is 10.1. The lowest BCUT2D eigenvalue weighted by molar-refractivity contribution is -0.157. The second-order valence-electron chi connectivity index (χ2n) is 25.8. The van der Waals surface area contributed by atoms with Gasteiger partial charge in [-0.2, -0.15) is 0 Å². The summed E-state index contributed by atoms with van der Waals surface area (Å²) in [4.78, 5) is 163. The van der Waals surface area contributed by atoms with Crippen molar-refractivity contribution in [3.63, 3.8) is 0 Å². The Morgan fingerprint density at radius 3 is 1.42 bits per heavy atom. The predicted molar refractivity (Wildman–Crippen MR) is 335 cm³/mol. The van der Waals surface area contributed by atoms with Gasteiger partial charge in [0, 0.05) is 55.3 Å². The highest BCUT2D eigenvalue weighted by atomic mass is 16.3. The van der Waals surface area contributed by atoms with Gasteiger partial charge in [-0.15, -0.1) is 0 Å². The monoisotopic (exact) mass is 1220 g/mol. The Morgan fingerprint density at radius 1 is 0.500 bits per heavy atom. The minimum absolute atomic E-state index is 0.0405. The van der Waals surface area contributed by atoms with Crippen LogP contribution in [0.15, 0.2) is 12.2 Å². The molecule has 0 aliphatic rings. The fraction of sp³-hybridized carbons (Fsp3) is 0.794. The van der Waals surface area contributed by atoms with E-state index in [0.717, 1.165) is 16.2 Å². The van der Waals surface area contributed by atoms with Gasteiger partial charge in [0.1, 0.15) is 54.4 Å². The van der Waals surface area contributed by atoms with E-state index in [2.05, 4.69) is 16.0 Å². The van der Waals surface area contributed by atoms with Crippen molar-refractivity contribution < 1.29 is 57.8 Å². The molecule has 6 N–H and O–H groups in total. The molecule has 494 valence electrons. The maximum absolute atomic E-state index is 15.1. The number of nitrogens with two attached hydrogens (primary N) is 1. The molecule has 0 aromatic carbocycles. The van der Waals surface area contributed by atoms with Crippen LogP contribution in [0.4, 0.5) is 0 Å². The third-order valence-corrected chi connectivity index (χ3v) is 16.5. The highest BCUT2D eigenvalue weighted by Gasteiger charge is 2.45. The van der Waals surface area contributed by atoms with E-state index >= 15 is 9.59 Å². The van der Waals surface area contributed by atoms with Crippen LogP contribution in [0.25, 0.3) is 0 Å². The first-order chi connectivity index (χ1) is 39.7. The summed E-state index contributed by atoms with van der Waals surface area (Å²) in [5, 5.41) is 20.3. The van der Waals surface area contributed by atoms with Crippen LogP contribution in [0, 0.1) is 41.4 Å². The zero-order chi connectivity index (χ0) is 67.1. The third-order valence-electron chi connectivity index (χ3n) is 16.5. The summed E-state index contributed by atoms with van der Waals surface area (Å²) in [5.41, 5.74) is 5.62. The lowest BCUT2D eigenvalue weighted by Crippen LogP contribution is -2.63. The summed E-state index contributed by atoms with van der Waals surface area (Å²) in [5.74, 6) is -8.49. The molecule has 23 heteroatoms. The van der Waals surface area contributed by atoms with Gasteiger partial charge in [0.2, 0.25) is 65.0 Å². The van der Waals surface area contributed by atoms with Crippen molar-refractivity contribution in [1.82, 2.24) is 50.2 Å². The fourth-order valence-electron chi connectivity index (χ4n) is 10.3. The quantitative estimate of drug-likeness (QED) is 0.0551. The van der Waals surface area contributed by atoms with E-state index in [4.69, 9.17) is 5.73 Å². The molecule has 0 spiro atoms. The zero-order valence-electron chi connectivity index (χ0n) is 57.0. The van der Waals surface area contributed by atoms with Gasteiger partial charge in [0.15, 0.2) is 0 Å². The molecule has 12 atom stereocenters. The van der Waals surface area contributed by atoms with Crippen LogP contribution in [-0.4, -0.2) is 221 Å². The molecule has 0 fully saturated rings. The van der Waals surface area contributed by atoms with Gasteiger partial charge in [-0.3, -0.25) is 52.7 Å². The van der Waals surface area contributed by atoms with Crippen molar-refractivity contribution in [3.05, 3.63) is 12.2 Å². The lowest BCUT2D eigenvalue weighted by atomic mass is 9.91. The minimum atomic E-state index is -1.60. The standard InChI is InChI=1S/C63H115N11O12/c1-25-28-30-41(14)53(76)52(57(80)66-45(27-3)60(83)68(18)35-50(75)70(20)47(54(64)77)31-29-26-2)74(24)63(86)51(40(12)13)73(23)62(85)49(34-38(8)9)72(22)61(84)48(33-37(6)7)71(21)59(82)43(16)65-56(79)46(32-36(4)5)67-55(78)44(17)69(19)58(81)42(15)39(10)11/h25,28,36-49,51-53,76H,26-27,29-35H2,1-24H3,(H2,64,77)(H,65,79)(H,66,80)(H,67,78)/b28-25+/t41-,42+,43-,44-,45+,46?,47-,48-,49+,51+,52?,53-/m0/s1. The summed E-state index contributed by atoms with van der Waals surface area (Å²) < 4.78 is 0. The third kappa shape index (κ3) is 23.5. The van der Waals surface area contributed by atoms with Gasteiger partial charge in [-0.1, -0.05) is 122 Å². The van der Waals surface area contributed by atoms with Crippen LogP contribution in [0.3, 0.4) is 0 Å². The molecule has 11 amide bonds. The molecular formula is C63H115N11O12. The number of nitrogens with one attached hydrogen (secondary N) is 3. The van der Waals surface area contributed by atoms with Crippen molar-refractivity contribution in [2.45, 2.75) is 230 Å². The van der Waals surface area contributed by atoms with Crippen molar-refractivity contribution in [3.8, 4) is 0 Å². The molecule has 0 rings (SSSR count). The Morgan fingerprint density at radius 2 is 0.977 bits per heavy atom. The van der Waals surface area contributed by atoms with E-state index in [1.807, 2.05) is 62.3 Å². The number of allylic oxidation sites excluding steroid dienone is 2. The molecule has 0 aliphatic heterocycles. The number of nitrogens with zero attached hydrogens (tertiary/aromatic N) is 7. The van der Waals surface area contributed by atoms with Crippen molar-refractivity contribution in [2.24, 2.45) is 47.2 Å². The van der Waals surface area contributed by atoms with Crippen molar-refractivity contribution >= 4 is 65.0 Å². The van der Waals surface area contributed by atoms with Crippen LogP contribution in [0.2, 0.25) is 0 Å². The zero-order valence-corrected chi connectivity index (χ0v) is 57.0. The molecule has 0 aromatic heterocycles. The molecule has 0 radical (unpaired) electrons. The maximum Gasteiger partial charge on any atom is 0.246 e. The van der Waals surface area contributed by atoms with E-state index < -0.39 is 138 Å². The van der Waals surface area contributed by atoms with Crippen molar-refractivity contribution in [2.75, 3.05) is 55.9 Å². The van der Waals surface area contributed by atoms with Crippen molar-refractivity contribution in [1.29, 1.82) is 0 Å². The Kier molecular flexibility index (Phi) is 34.9. The first kappa shape index (κ1) is 79.9. The second kappa shape index (κ2) is 37.5. The van der Waals surface area contributed by atoms with Crippen LogP contribution >= 0.6 is 0 Å². The summed E-state index contributed by atoms with van der Waals surface area (Å²) in [6, 6.07) is -10.4. The van der Waals surface area contributed by atoms with Crippen LogP contribution in [0.1, 0.15) is 169 Å². The number of aliphatic hydroxyl groups excluding tert-OH is 1. The molecule has 23 nitrogen and oxygen atoms in total. The molecule has 0 heterocycles. The maximum atomic E-state index is 15.1. The van der Waals surface area contributed by atoms with Gasteiger partial charge in [-0.05, 0) is 94.8 Å². The predicted octanol–water partition coefficient (Wildman–Crippen LogP) is 4.04. The highest BCUT2D eigenvalue weighted by molar-refractivity contribution is 5.98. The number of likely N-dealkylation sites (N-methyl/N-ethyl adjacent to an activating group) is 7. The van der Waals surface area contributed by atoms with E-state index in [1.54, 1.807) is 67.7 Å². The molecule has 0 bridgehead atoms. The largest absolute Gasteiger partial charge is 0.390 e. The topological polar surface area (TPSA) is 293 Å². The van der Waals surface area contributed by atoms with E-state index in [9.17, 15) is 48.3 Å². The Hall–Kier alpha value is -6.13.